The van der Waals surface area contributed by atoms with Gasteiger partial charge >= 0.3 is 0 Å². The lowest BCUT2D eigenvalue weighted by molar-refractivity contribution is 0.912. The van der Waals surface area contributed by atoms with E-state index in [1.165, 1.54) is 24.0 Å². The predicted molar refractivity (Wildman–Crippen MR) is 91.3 cm³/mol. The van der Waals surface area contributed by atoms with Gasteiger partial charge in [0.1, 0.15) is 10.8 Å². The molecule has 4 heteroatoms. The summed E-state index contributed by atoms with van der Waals surface area (Å²) in [5.41, 5.74) is 12.6. The Morgan fingerprint density at radius 1 is 1.19 bits per heavy atom. The third kappa shape index (κ3) is 2.76. The van der Waals surface area contributed by atoms with Crippen molar-refractivity contribution in [2.45, 2.75) is 33.1 Å². The van der Waals surface area contributed by atoms with E-state index < -0.39 is 0 Å². The Balaban J connectivity index is 1.99. The Bertz CT molecular complexity index is 722. The average molecular weight is 297 g/mol. The van der Waals surface area contributed by atoms with Crippen LogP contribution in [-0.4, -0.2) is 9.97 Å². The highest BCUT2D eigenvalue weighted by Gasteiger charge is 2.14. The summed E-state index contributed by atoms with van der Waals surface area (Å²) in [7, 11) is 0. The highest BCUT2D eigenvalue weighted by molar-refractivity contribution is 7.80. The molecular weight excluding hydrogens is 278 g/mol. The van der Waals surface area contributed by atoms with Crippen molar-refractivity contribution in [2.24, 2.45) is 5.73 Å². The summed E-state index contributed by atoms with van der Waals surface area (Å²) in [6.07, 6.45) is 3.60. The fourth-order valence-electron chi connectivity index (χ4n) is 3.02. The Morgan fingerprint density at radius 2 is 1.95 bits per heavy atom. The topological polar surface area (TPSA) is 50.9 Å². The molecule has 0 radical (unpaired) electrons. The Hall–Kier alpha value is -1.94. The zero-order valence-corrected chi connectivity index (χ0v) is 13.2. The molecule has 0 bridgehead atoms. The molecule has 21 heavy (non-hydrogen) atoms. The number of pyridine rings is 1. The summed E-state index contributed by atoms with van der Waals surface area (Å²) >= 11 is 5.17. The number of rotatable bonds is 3. The van der Waals surface area contributed by atoms with Gasteiger partial charge in [0.2, 0.25) is 0 Å². The molecular formula is C17H19N3S. The number of nitrogens with zero attached hydrogens (tertiary/aromatic N) is 1. The molecule has 0 saturated heterocycles. The fraction of sp³-hybridized carbons (Fsp3) is 0.294. The molecule has 1 aliphatic rings. The molecule has 0 unspecified atom stereocenters. The lowest BCUT2D eigenvalue weighted by atomic mass is 10.1. The SMILES string of the molecule is Cc1cc(C)c(C(N)=S)c(Nc2ccc3c(c2)CCC3)n1. The van der Waals surface area contributed by atoms with E-state index in [2.05, 4.69) is 28.5 Å². The third-order valence-corrected chi connectivity index (χ3v) is 4.16. The van der Waals surface area contributed by atoms with Crippen LogP contribution in [0.5, 0.6) is 0 Å². The monoisotopic (exact) mass is 297 g/mol. The second-order valence-corrected chi connectivity index (χ2v) is 6.07. The first-order chi connectivity index (χ1) is 10.0. The van der Waals surface area contributed by atoms with Crippen molar-refractivity contribution >= 4 is 28.7 Å². The van der Waals surface area contributed by atoms with Gasteiger partial charge in [0.25, 0.3) is 0 Å². The van der Waals surface area contributed by atoms with E-state index in [1.54, 1.807) is 0 Å². The van der Waals surface area contributed by atoms with Crippen molar-refractivity contribution < 1.29 is 0 Å². The van der Waals surface area contributed by atoms with E-state index in [1.807, 2.05) is 19.9 Å². The van der Waals surface area contributed by atoms with Gasteiger partial charge in [0, 0.05) is 11.4 Å². The van der Waals surface area contributed by atoms with Crippen molar-refractivity contribution in [3.05, 3.63) is 52.2 Å². The van der Waals surface area contributed by atoms with Crippen molar-refractivity contribution in [3.63, 3.8) is 0 Å². The van der Waals surface area contributed by atoms with E-state index in [9.17, 15) is 0 Å². The highest BCUT2D eigenvalue weighted by Crippen LogP contribution is 2.28. The number of aryl methyl sites for hydroxylation is 4. The molecule has 0 saturated carbocycles. The smallest absolute Gasteiger partial charge is 0.141 e. The van der Waals surface area contributed by atoms with Gasteiger partial charge < -0.3 is 11.1 Å². The fourth-order valence-corrected chi connectivity index (χ4v) is 3.28. The quantitative estimate of drug-likeness (QED) is 0.851. The molecule has 0 amide bonds. The summed E-state index contributed by atoms with van der Waals surface area (Å²) in [5.74, 6) is 0.748. The Labute approximate surface area is 130 Å². The van der Waals surface area contributed by atoms with E-state index in [4.69, 9.17) is 18.0 Å². The molecule has 1 aromatic heterocycles. The van der Waals surface area contributed by atoms with Gasteiger partial charge in [-0.15, -0.1) is 0 Å². The van der Waals surface area contributed by atoms with Crippen LogP contribution in [-0.2, 0) is 12.8 Å². The van der Waals surface area contributed by atoms with E-state index in [-0.39, 0.29) is 0 Å². The van der Waals surface area contributed by atoms with E-state index >= 15 is 0 Å². The van der Waals surface area contributed by atoms with Crippen LogP contribution in [0.1, 0.15) is 34.4 Å². The molecule has 3 nitrogen and oxygen atoms in total. The number of aromatic nitrogens is 1. The molecule has 3 rings (SSSR count). The van der Waals surface area contributed by atoms with Crippen LogP contribution in [0.25, 0.3) is 0 Å². The Morgan fingerprint density at radius 3 is 2.71 bits per heavy atom. The molecule has 1 aliphatic carbocycles. The average Bonchev–Trinajstić information content (AvgIpc) is 2.84. The zero-order valence-electron chi connectivity index (χ0n) is 12.4. The van der Waals surface area contributed by atoms with Crippen molar-refractivity contribution in [2.75, 3.05) is 5.32 Å². The molecule has 0 spiro atoms. The van der Waals surface area contributed by atoms with Crippen molar-refractivity contribution in [1.82, 2.24) is 4.98 Å². The summed E-state index contributed by atoms with van der Waals surface area (Å²) in [6, 6.07) is 8.52. The number of hydrogen-bond acceptors (Lipinski definition) is 3. The molecule has 0 atom stereocenters. The minimum Gasteiger partial charge on any atom is -0.389 e. The van der Waals surface area contributed by atoms with Gasteiger partial charge in [-0.25, -0.2) is 4.98 Å². The second kappa shape index (κ2) is 5.45. The number of nitrogens with two attached hydrogens (primary N) is 1. The number of hydrogen-bond donors (Lipinski definition) is 2. The molecule has 108 valence electrons. The van der Waals surface area contributed by atoms with Gasteiger partial charge in [-0.3, -0.25) is 0 Å². The summed E-state index contributed by atoms with van der Waals surface area (Å²) in [6.45, 7) is 3.99. The third-order valence-electron chi connectivity index (χ3n) is 3.95. The minimum atomic E-state index is 0.378. The van der Waals surface area contributed by atoms with Gasteiger partial charge in [-0.2, -0.15) is 0 Å². The van der Waals surface area contributed by atoms with Crippen LogP contribution < -0.4 is 11.1 Å². The minimum absolute atomic E-state index is 0.378. The van der Waals surface area contributed by atoms with E-state index in [0.29, 0.717) is 4.99 Å². The summed E-state index contributed by atoms with van der Waals surface area (Å²) in [5, 5.41) is 3.39. The van der Waals surface area contributed by atoms with E-state index in [0.717, 1.165) is 34.7 Å². The Kier molecular flexibility index (Phi) is 3.64. The number of benzene rings is 1. The van der Waals surface area contributed by atoms with Crippen molar-refractivity contribution in [1.29, 1.82) is 0 Å². The van der Waals surface area contributed by atoms with Crippen LogP contribution in [0.3, 0.4) is 0 Å². The number of anilines is 2. The highest BCUT2D eigenvalue weighted by atomic mass is 32.1. The van der Waals surface area contributed by atoms with Crippen molar-refractivity contribution in [3.8, 4) is 0 Å². The summed E-state index contributed by atoms with van der Waals surface area (Å²) in [4.78, 5) is 4.94. The number of thiocarbonyl (C=S) groups is 1. The predicted octanol–water partition coefficient (Wildman–Crippen LogP) is 3.56. The van der Waals surface area contributed by atoms with Crippen LogP contribution >= 0.6 is 12.2 Å². The normalized spacial score (nSPS) is 13.0. The lowest BCUT2D eigenvalue weighted by Crippen LogP contribution is -2.15. The zero-order chi connectivity index (χ0) is 15.0. The summed E-state index contributed by atoms with van der Waals surface area (Å²) < 4.78 is 0. The molecule has 0 aliphatic heterocycles. The first kappa shape index (κ1) is 14.0. The maximum atomic E-state index is 5.86. The maximum Gasteiger partial charge on any atom is 0.141 e. The maximum absolute atomic E-state index is 5.86. The van der Waals surface area contributed by atoms with Gasteiger partial charge in [0.05, 0.1) is 5.56 Å². The molecule has 1 heterocycles. The molecule has 3 N–H and O–H groups in total. The molecule has 1 aromatic carbocycles. The molecule has 0 fully saturated rings. The first-order valence-electron chi connectivity index (χ1n) is 7.21. The number of nitrogens with one attached hydrogen (secondary N) is 1. The second-order valence-electron chi connectivity index (χ2n) is 5.63. The van der Waals surface area contributed by atoms with Gasteiger partial charge in [-0.05, 0) is 68.0 Å². The standard InChI is InChI=1S/C17H19N3S/c1-10-8-11(2)19-17(15(10)16(18)21)20-14-7-6-12-4-3-5-13(12)9-14/h6-9H,3-5H2,1-2H3,(H2,18,21)(H,19,20). The molecule has 2 aromatic rings. The first-order valence-corrected chi connectivity index (χ1v) is 7.62. The van der Waals surface area contributed by atoms with Crippen LogP contribution in [0, 0.1) is 13.8 Å². The van der Waals surface area contributed by atoms with Crippen LogP contribution in [0.15, 0.2) is 24.3 Å². The number of fused-ring (bicyclic) bond motifs is 1. The lowest BCUT2D eigenvalue weighted by Gasteiger charge is -2.14. The van der Waals surface area contributed by atoms with Gasteiger partial charge in [-0.1, -0.05) is 18.3 Å². The van der Waals surface area contributed by atoms with Crippen LogP contribution in [0.4, 0.5) is 11.5 Å². The van der Waals surface area contributed by atoms with Gasteiger partial charge in [0.15, 0.2) is 0 Å². The van der Waals surface area contributed by atoms with Crippen LogP contribution in [0.2, 0.25) is 0 Å². The largest absolute Gasteiger partial charge is 0.389 e.